The van der Waals surface area contributed by atoms with Gasteiger partial charge in [0.25, 0.3) is 0 Å². The molecule has 2 bridgehead atoms. The Kier molecular flexibility index (Phi) is 8.09. The van der Waals surface area contributed by atoms with E-state index in [9.17, 15) is 9.18 Å². The summed E-state index contributed by atoms with van der Waals surface area (Å²) in [5, 5.41) is 2.14. The van der Waals surface area contributed by atoms with Crippen LogP contribution in [-0.4, -0.2) is 54.9 Å². The van der Waals surface area contributed by atoms with Gasteiger partial charge in [0, 0.05) is 47.3 Å². The van der Waals surface area contributed by atoms with E-state index in [1.54, 1.807) is 17.0 Å². The minimum Gasteiger partial charge on any atom is -0.497 e. The Hall–Kier alpha value is -2.84. The fourth-order valence-electron chi connectivity index (χ4n) is 6.14. The van der Waals surface area contributed by atoms with Crippen LogP contribution in [0.3, 0.4) is 0 Å². The van der Waals surface area contributed by atoms with Gasteiger partial charge in [-0.3, -0.25) is 4.90 Å². The van der Waals surface area contributed by atoms with E-state index in [4.69, 9.17) is 13.9 Å². The van der Waals surface area contributed by atoms with Crippen molar-refractivity contribution in [3.8, 4) is 5.75 Å². The SMILES string of the molecule is COc1ccc(CN(Cc2cc(C)oc2C)C(=O)O[C@H]2C[N+]3(CCCc4cccs4)CCC2CC3)c(F)c1. The van der Waals surface area contributed by atoms with Gasteiger partial charge in [-0.15, -0.1) is 11.3 Å². The highest BCUT2D eigenvalue weighted by atomic mass is 32.1. The van der Waals surface area contributed by atoms with Gasteiger partial charge in [-0.2, -0.15) is 0 Å². The van der Waals surface area contributed by atoms with Crippen molar-refractivity contribution >= 4 is 17.4 Å². The molecule has 1 aromatic carbocycles. The third kappa shape index (κ3) is 6.07. The summed E-state index contributed by atoms with van der Waals surface area (Å²) in [5.41, 5.74) is 1.32. The Morgan fingerprint density at radius 2 is 1.95 bits per heavy atom. The van der Waals surface area contributed by atoms with E-state index >= 15 is 0 Å². The number of hydrogen-bond donors (Lipinski definition) is 0. The van der Waals surface area contributed by atoms with Gasteiger partial charge in [-0.25, -0.2) is 9.18 Å². The standard InChI is InChI=1S/C30H38FN2O4S/c1-21-16-25(22(2)36-21)19-32(18-24-8-9-26(35-3)17-28(24)31)30(34)37-29-20-33(13-10-23(29)11-14-33)12-4-6-27-7-5-15-38-27/h5,7-9,15-17,23,29H,4,6,10-14,18-20H2,1-3H3/q+1/t23?,29-,33?/m0/s1. The second kappa shape index (κ2) is 11.5. The quantitative estimate of drug-likeness (QED) is 0.276. The Labute approximate surface area is 228 Å². The molecule has 3 aromatic rings. The number of carbonyl (C=O) groups excluding carboxylic acids is 1. The molecule has 3 fully saturated rings. The lowest BCUT2D eigenvalue weighted by Crippen LogP contribution is -2.65. The van der Waals surface area contributed by atoms with Crippen molar-refractivity contribution in [2.75, 3.05) is 33.3 Å². The molecule has 3 saturated heterocycles. The van der Waals surface area contributed by atoms with Gasteiger partial charge in [0.2, 0.25) is 0 Å². The Balaban J connectivity index is 1.28. The zero-order chi connectivity index (χ0) is 26.7. The van der Waals surface area contributed by atoms with Crippen molar-refractivity contribution in [1.29, 1.82) is 0 Å². The molecule has 8 heteroatoms. The Bertz CT molecular complexity index is 1230. The van der Waals surface area contributed by atoms with E-state index in [0.29, 0.717) is 23.8 Å². The van der Waals surface area contributed by atoms with Crippen molar-refractivity contribution in [2.45, 2.75) is 58.7 Å². The van der Waals surface area contributed by atoms with Crippen molar-refractivity contribution in [1.82, 2.24) is 4.90 Å². The number of rotatable bonds is 10. The van der Waals surface area contributed by atoms with E-state index in [1.807, 2.05) is 31.3 Å². The lowest BCUT2D eigenvalue weighted by Gasteiger charge is -2.52. The van der Waals surface area contributed by atoms with E-state index in [1.165, 1.54) is 18.1 Å². The number of fused-ring (bicyclic) bond motifs is 3. The summed E-state index contributed by atoms with van der Waals surface area (Å²) >= 11 is 1.82. The van der Waals surface area contributed by atoms with Crippen LogP contribution in [0.25, 0.3) is 0 Å². The first-order valence-electron chi connectivity index (χ1n) is 13.6. The van der Waals surface area contributed by atoms with Crippen molar-refractivity contribution in [2.24, 2.45) is 5.92 Å². The van der Waals surface area contributed by atoms with Crippen molar-refractivity contribution in [3.63, 3.8) is 0 Å². The van der Waals surface area contributed by atoms with Crippen LogP contribution in [0.4, 0.5) is 9.18 Å². The van der Waals surface area contributed by atoms with Crippen LogP contribution in [-0.2, 0) is 24.2 Å². The fraction of sp³-hybridized carbons (Fsp3) is 0.500. The highest BCUT2D eigenvalue weighted by molar-refractivity contribution is 7.09. The number of amides is 1. The number of piperidine rings is 3. The molecule has 3 aliphatic rings. The number of benzene rings is 1. The normalized spacial score (nSPS) is 22.4. The molecule has 1 amide bonds. The first-order valence-corrected chi connectivity index (χ1v) is 14.4. The second-order valence-corrected chi connectivity index (χ2v) is 11.9. The van der Waals surface area contributed by atoms with Gasteiger partial charge in [0.05, 0.1) is 39.8 Å². The minimum absolute atomic E-state index is 0.108. The molecule has 0 N–H and O–H groups in total. The van der Waals surface area contributed by atoms with Gasteiger partial charge in [0.1, 0.15) is 29.6 Å². The van der Waals surface area contributed by atoms with Crippen LogP contribution in [0.5, 0.6) is 5.75 Å². The molecule has 0 spiro atoms. The molecular formula is C30H38FN2O4S+. The highest BCUT2D eigenvalue weighted by Gasteiger charge is 2.47. The predicted octanol–water partition coefficient (Wildman–Crippen LogP) is 6.49. The highest BCUT2D eigenvalue weighted by Crippen LogP contribution is 2.36. The molecule has 1 atom stereocenters. The molecule has 2 aromatic heterocycles. The topological polar surface area (TPSA) is 51.9 Å². The molecule has 38 heavy (non-hydrogen) atoms. The number of quaternary nitrogens is 1. The lowest BCUT2D eigenvalue weighted by atomic mass is 9.83. The van der Waals surface area contributed by atoms with Crippen molar-refractivity contribution in [3.05, 3.63) is 75.1 Å². The number of carbonyl (C=O) groups is 1. The van der Waals surface area contributed by atoms with Crippen LogP contribution >= 0.6 is 11.3 Å². The number of nitrogens with zero attached hydrogens (tertiary/aromatic N) is 2. The number of thiophene rings is 1. The average molecular weight is 542 g/mol. The maximum absolute atomic E-state index is 14.9. The second-order valence-electron chi connectivity index (χ2n) is 10.9. The third-order valence-corrected chi connectivity index (χ3v) is 9.25. The summed E-state index contributed by atoms with van der Waals surface area (Å²) in [7, 11) is 1.51. The zero-order valence-corrected chi connectivity index (χ0v) is 23.4. The van der Waals surface area contributed by atoms with Gasteiger partial charge in [-0.05, 0) is 43.8 Å². The third-order valence-electron chi connectivity index (χ3n) is 8.31. The van der Waals surface area contributed by atoms with Crippen LogP contribution in [0.15, 0.2) is 46.2 Å². The zero-order valence-electron chi connectivity index (χ0n) is 22.6. The number of furan rings is 1. The van der Waals surface area contributed by atoms with Gasteiger partial charge < -0.3 is 18.4 Å². The monoisotopic (exact) mass is 541 g/mol. The molecule has 0 radical (unpaired) electrons. The molecule has 0 aliphatic carbocycles. The maximum Gasteiger partial charge on any atom is 0.410 e. The van der Waals surface area contributed by atoms with Crippen molar-refractivity contribution < 1.29 is 27.6 Å². The summed E-state index contributed by atoms with van der Waals surface area (Å²) in [6.45, 7) is 8.49. The Morgan fingerprint density at radius 1 is 1.16 bits per heavy atom. The van der Waals surface area contributed by atoms with Crippen LogP contribution in [0.2, 0.25) is 0 Å². The van der Waals surface area contributed by atoms with E-state index < -0.39 is 11.9 Å². The van der Waals surface area contributed by atoms with E-state index in [2.05, 4.69) is 17.5 Å². The first kappa shape index (κ1) is 26.8. The van der Waals surface area contributed by atoms with Gasteiger partial charge >= 0.3 is 6.09 Å². The summed E-state index contributed by atoms with van der Waals surface area (Å²) in [4.78, 5) is 16.7. The molecule has 5 heterocycles. The summed E-state index contributed by atoms with van der Waals surface area (Å²) in [6.07, 6.45) is 3.93. The van der Waals surface area contributed by atoms with Crippen LogP contribution in [0, 0.1) is 25.6 Å². The van der Waals surface area contributed by atoms with Gasteiger partial charge in [0.15, 0.2) is 6.10 Å². The molecule has 3 aliphatic heterocycles. The van der Waals surface area contributed by atoms with Crippen LogP contribution < -0.4 is 4.74 Å². The fourth-order valence-corrected chi connectivity index (χ4v) is 6.89. The number of halogens is 1. The molecule has 204 valence electrons. The predicted molar refractivity (Wildman–Crippen MR) is 146 cm³/mol. The maximum atomic E-state index is 14.9. The number of hydrogen-bond acceptors (Lipinski definition) is 5. The lowest BCUT2D eigenvalue weighted by molar-refractivity contribution is -0.946. The first-order chi connectivity index (χ1) is 18.3. The average Bonchev–Trinajstić information content (AvgIpc) is 3.54. The molecule has 6 rings (SSSR count). The minimum atomic E-state index is -0.402. The number of ether oxygens (including phenoxy) is 2. The molecular weight excluding hydrogens is 503 g/mol. The van der Waals surface area contributed by atoms with Gasteiger partial charge in [-0.1, -0.05) is 12.1 Å². The smallest absolute Gasteiger partial charge is 0.410 e. The summed E-state index contributed by atoms with van der Waals surface area (Å²) in [5.74, 6) is 1.98. The largest absolute Gasteiger partial charge is 0.497 e. The molecule has 0 saturated carbocycles. The van der Waals surface area contributed by atoms with E-state index in [-0.39, 0.29) is 12.6 Å². The summed E-state index contributed by atoms with van der Waals surface area (Å²) in [6, 6.07) is 11.0. The van der Waals surface area contributed by atoms with Crippen LogP contribution in [0.1, 0.15) is 46.8 Å². The molecule has 0 unspecified atom stereocenters. The van der Waals surface area contributed by atoms with E-state index in [0.717, 1.165) is 73.4 Å². The number of methoxy groups -OCH3 is 1. The summed E-state index contributed by atoms with van der Waals surface area (Å²) < 4.78 is 33.0. The Morgan fingerprint density at radius 3 is 2.61 bits per heavy atom. The molecule has 6 nitrogen and oxygen atoms in total. The number of aryl methyl sites for hydroxylation is 3.